The van der Waals surface area contributed by atoms with E-state index in [0.717, 1.165) is 37.4 Å². The third kappa shape index (κ3) is 4.45. The molecule has 1 aliphatic heterocycles. The third-order valence-electron chi connectivity index (χ3n) is 5.19. The second kappa shape index (κ2) is 8.53. The van der Waals surface area contributed by atoms with Crippen LogP contribution in [0.25, 0.3) is 0 Å². The Balaban J connectivity index is 1.44. The van der Waals surface area contributed by atoms with E-state index in [1.54, 1.807) is 24.3 Å². The molecule has 0 bridgehead atoms. The highest BCUT2D eigenvalue weighted by Gasteiger charge is 2.23. The molecule has 4 rings (SSSR count). The zero-order valence-corrected chi connectivity index (χ0v) is 17.3. The molecule has 7 heteroatoms. The van der Waals surface area contributed by atoms with Gasteiger partial charge < -0.3 is 10.6 Å². The molecular formula is C22H21ClFN3OS. The molecule has 29 heavy (non-hydrogen) atoms. The summed E-state index contributed by atoms with van der Waals surface area (Å²) in [7, 11) is 0. The molecule has 0 aliphatic carbocycles. The number of nitrogens with zero attached hydrogens (tertiary/aromatic N) is 2. The lowest BCUT2D eigenvalue weighted by Crippen LogP contribution is -2.46. The highest BCUT2D eigenvalue weighted by Crippen LogP contribution is 2.29. The highest BCUT2D eigenvalue weighted by molar-refractivity contribution is 7.14. The number of anilines is 2. The molecule has 2 heterocycles. The van der Waals surface area contributed by atoms with Gasteiger partial charge in [-0.3, -0.25) is 9.69 Å². The number of nitrogen functional groups attached to an aromatic ring is 1. The number of hydrogen-bond acceptors (Lipinski definition) is 5. The molecule has 1 aromatic heterocycles. The van der Waals surface area contributed by atoms with Gasteiger partial charge in [-0.25, -0.2) is 4.39 Å². The Bertz CT molecular complexity index is 996. The summed E-state index contributed by atoms with van der Waals surface area (Å²) in [6, 6.07) is 13.5. The van der Waals surface area contributed by atoms with Crippen LogP contribution < -0.4 is 10.6 Å². The maximum absolute atomic E-state index is 13.1. The predicted octanol–water partition coefficient (Wildman–Crippen LogP) is 4.68. The Hall–Kier alpha value is -2.41. The molecule has 0 amide bonds. The molecule has 4 nitrogen and oxygen atoms in total. The summed E-state index contributed by atoms with van der Waals surface area (Å²) in [4.78, 5) is 17.6. The molecule has 0 saturated carbocycles. The molecule has 0 radical (unpaired) electrons. The van der Waals surface area contributed by atoms with Gasteiger partial charge in [-0.1, -0.05) is 11.6 Å². The predicted molar refractivity (Wildman–Crippen MR) is 118 cm³/mol. The molecular weight excluding hydrogens is 409 g/mol. The number of piperazine rings is 1. The van der Waals surface area contributed by atoms with Crippen molar-refractivity contribution in [2.75, 3.05) is 36.8 Å². The second-order valence-corrected chi connectivity index (χ2v) is 8.42. The number of carbonyl (C=O) groups is 1. The van der Waals surface area contributed by atoms with E-state index in [-0.39, 0.29) is 11.6 Å². The standard InChI is InChI=1S/C22H21ClFN3OS/c23-17-3-1-15(2-4-17)21(28)20-16(14-29-22(20)25)13-26-9-11-27(12-10-26)19-7-5-18(24)6-8-19/h1-8,14H,9-13,25H2. The zero-order valence-electron chi connectivity index (χ0n) is 15.8. The SMILES string of the molecule is Nc1scc(CN2CCN(c3ccc(F)cc3)CC2)c1C(=O)c1ccc(Cl)cc1. The van der Waals surface area contributed by atoms with Crippen molar-refractivity contribution in [1.82, 2.24) is 4.90 Å². The molecule has 2 aromatic carbocycles. The van der Waals surface area contributed by atoms with Crippen molar-refractivity contribution in [3.05, 3.63) is 81.4 Å². The van der Waals surface area contributed by atoms with Crippen molar-refractivity contribution in [3.63, 3.8) is 0 Å². The Morgan fingerprint density at radius 3 is 2.34 bits per heavy atom. The number of nitrogens with two attached hydrogens (primary N) is 1. The summed E-state index contributed by atoms with van der Waals surface area (Å²) in [6.45, 7) is 4.11. The fourth-order valence-corrected chi connectivity index (χ4v) is 4.52. The van der Waals surface area contributed by atoms with Gasteiger partial charge in [0.05, 0.1) is 10.6 Å². The van der Waals surface area contributed by atoms with Crippen molar-refractivity contribution in [2.45, 2.75) is 6.54 Å². The third-order valence-corrected chi connectivity index (χ3v) is 6.30. The van der Waals surface area contributed by atoms with Gasteiger partial charge in [0.1, 0.15) is 5.82 Å². The Labute approximate surface area is 178 Å². The lowest BCUT2D eigenvalue weighted by Gasteiger charge is -2.36. The van der Waals surface area contributed by atoms with Gasteiger partial charge in [-0.15, -0.1) is 11.3 Å². The minimum atomic E-state index is -0.222. The molecule has 0 atom stereocenters. The topological polar surface area (TPSA) is 49.6 Å². The highest BCUT2D eigenvalue weighted by atomic mass is 35.5. The molecule has 1 aliphatic rings. The van der Waals surface area contributed by atoms with Gasteiger partial charge >= 0.3 is 0 Å². The number of thiophene rings is 1. The average molecular weight is 430 g/mol. The Morgan fingerprint density at radius 2 is 1.69 bits per heavy atom. The van der Waals surface area contributed by atoms with E-state index in [0.29, 0.717) is 27.7 Å². The summed E-state index contributed by atoms with van der Waals surface area (Å²) in [5.41, 5.74) is 9.31. The molecule has 150 valence electrons. The van der Waals surface area contributed by atoms with Gasteiger partial charge in [0.25, 0.3) is 0 Å². The van der Waals surface area contributed by atoms with Gasteiger partial charge in [-0.05, 0) is 59.5 Å². The summed E-state index contributed by atoms with van der Waals surface area (Å²) in [6.07, 6.45) is 0. The number of carbonyl (C=O) groups excluding carboxylic acids is 1. The van der Waals surface area contributed by atoms with Crippen LogP contribution >= 0.6 is 22.9 Å². The summed E-state index contributed by atoms with van der Waals surface area (Å²) >= 11 is 7.34. The molecule has 0 spiro atoms. The minimum absolute atomic E-state index is 0.0691. The van der Waals surface area contributed by atoms with E-state index in [1.807, 2.05) is 17.5 Å². The van der Waals surface area contributed by atoms with Crippen LogP contribution in [0.15, 0.2) is 53.9 Å². The van der Waals surface area contributed by atoms with Gasteiger partial charge in [0.15, 0.2) is 5.78 Å². The first-order valence-electron chi connectivity index (χ1n) is 9.40. The van der Waals surface area contributed by atoms with Crippen LogP contribution in [0.2, 0.25) is 5.02 Å². The van der Waals surface area contributed by atoms with Crippen molar-refractivity contribution >= 4 is 39.4 Å². The van der Waals surface area contributed by atoms with Gasteiger partial charge in [0, 0.05) is 49.0 Å². The Morgan fingerprint density at radius 1 is 1.03 bits per heavy atom. The number of ketones is 1. The zero-order chi connectivity index (χ0) is 20.4. The largest absolute Gasteiger partial charge is 0.390 e. The first-order chi connectivity index (χ1) is 14.0. The molecule has 3 aromatic rings. The maximum atomic E-state index is 13.1. The van der Waals surface area contributed by atoms with Crippen LogP contribution in [-0.4, -0.2) is 36.9 Å². The van der Waals surface area contributed by atoms with Crippen molar-refractivity contribution in [1.29, 1.82) is 0 Å². The maximum Gasteiger partial charge on any atom is 0.196 e. The summed E-state index contributed by atoms with van der Waals surface area (Å²) < 4.78 is 13.1. The number of rotatable bonds is 5. The normalized spacial score (nSPS) is 14.9. The lowest BCUT2D eigenvalue weighted by atomic mass is 10.0. The van der Waals surface area contributed by atoms with Crippen LogP contribution in [0.3, 0.4) is 0 Å². The lowest BCUT2D eigenvalue weighted by molar-refractivity contribution is 0.103. The van der Waals surface area contributed by atoms with E-state index in [9.17, 15) is 9.18 Å². The molecule has 0 unspecified atom stereocenters. The van der Waals surface area contributed by atoms with Crippen LogP contribution in [0.4, 0.5) is 15.1 Å². The second-order valence-electron chi connectivity index (χ2n) is 7.08. The van der Waals surface area contributed by atoms with Crippen LogP contribution in [0, 0.1) is 5.82 Å². The fraction of sp³-hybridized carbons (Fsp3) is 0.227. The number of halogens is 2. The van der Waals surface area contributed by atoms with Crippen molar-refractivity contribution in [2.24, 2.45) is 0 Å². The number of benzene rings is 2. The summed E-state index contributed by atoms with van der Waals surface area (Å²) in [5, 5.41) is 3.12. The molecule has 1 fully saturated rings. The quantitative estimate of drug-likeness (QED) is 0.598. The van der Waals surface area contributed by atoms with Crippen molar-refractivity contribution in [3.8, 4) is 0 Å². The average Bonchev–Trinajstić information content (AvgIpc) is 3.09. The smallest absolute Gasteiger partial charge is 0.196 e. The van der Waals surface area contributed by atoms with E-state index in [2.05, 4.69) is 9.80 Å². The monoisotopic (exact) mass is 429 g/mol. The van der Waals surface area contributed by atoms with Crippen molar-refractivity contribution < 1.29 is 9.18 Å². The first kappa shape index (κ1) is 19.9. The fourth-order valence-electron chi connectivity index (χ4n) is 3.59. The molecule has 2 N–H and O–H groups in total. The summed E-state index contributed by atoms with van der Waals surface area (Å²) in [5.74, 6) is -0.291. The van der Waals surface area contributed by atoms with E-state index < -0.39 is 0 Å². The van der Waals surface area contributed by atoms with Gasteiger partial charge in [-0.2, -0.15) is 0 Å². The van der Waals surface area contributed by atoms with E-state index >= 15 is 0 Å². The van der Waals surface area contributed by atoms with Crippen LogP contribution in [-0.2, 0) is 6.54 Å². The Kier molecular flexibility index (Phi) is 5.85. The first-order valence-corrected chi connectivity index (χ1v) is 10.7. The number of hydrogen-bond donors (Lipinski definition) is 1. The van der Waals surface area contributed by atoms with E-state index in [4.69, 9.17) is 17.3 Å². The molecule has 1 saturated heterocycles. The van der Waals surface area contributed by atoms with Gasteiger partial charge in [0.2, 0.25) is 0 Å². The van der Waals surface area contributed by atoms with E-state index in [1.165, 1.54) is 23.5 Å². The van der Waals surface area contributed by atoms with Crippen LogP contribution in [0.5, 0.6) is 0 Å². The minimum Gasteiger partial charge on any atom is -0.390 e. The van der Waals surface area contributed by atoms with Crippen LogP contribution in [0.1, 0.15) is 21.5 Å².